The Morgan fingerprint density at radius 2 is 2.04 bits per heavy atom. The first kappa shape index (κ1) is 15.2. The molecule has 0 fully saturated rings. The van der Waals surface area contributed by atoms with Gasteiger partial charge in [0.1, 0.15) is 16.1 Å². The van der Waals surface area contributed by atoms with Crippen molar-refractivity contribution in [2.24, 2.45) is 0 Å². The number of carboxylic acids is 1. The molecule has 0 amide bonds. The standard InChI is InChI=1S/C16H10BrNO5/c17-11-3-1-2-10(8-11)15-12-6-9(7-14(19)20)4-5-13(12)23-16(15)18(21)22/h1-6,8H,7H2,(H,19,20). The van der Waals surface area contributed by atoms with Gasteiger partial charge in [-0.25, -0.2) is 0 Å². The second-order valence-electron chi connectivity index (χ2n) is 4.95. The van der Waals surface area contributed by atoms with Crippen LogP contribution in [0.2, 0.25) is 0 Å². The molecule has 0 spiro atoms. The predicted molar refractivity (Wildman–Crippen MR) is 87.3 cm³/mol. The van der Waals surface area contributed by atoms with Gasteiger partial charge < -0.3 is 9.52 Å². The molecule has 0 saturated carbocycles. The summed E-state index contributed by atoms with van der Waals surface area (Å²) in [6.45, 7) is 0. The second-order valence-corrected chi connectivity index (χ2v) is 5.87. The number of carboxylic acid groups (broad SMARTS) is 1. The molecule has 23 heavy (non-hydrogen) atoms. The topological polar surface area (TPSA) is 93.6 Å². The molecule has 0 saturated heterocycles. The number of carbonyl (C=O) groups is 1. The van der Waals surface area contributed by atoms with Gasteiger partial charge in [0.15, 0.2) is 0 Å². The van der Waals surface area contributed by atoms with Gasteiger partial charge in [-0.05, 0) is 35.4 Å². The summed E-state index contributed by atoms with van der Waals surface area (Å²) in [5.74, 6) is -1.32. The lowest BCUT2D eigenvalue weighted by molar-refractivity contribution is -0.400. The first-order chi connectivity index (χ1) is 11.0. The molecule has 116 valence electrons. The van der Waals surface area contributed by atoms with Crippen LogP contribution in [-0.2, 0) is 11.2 Å². The molecular formula is C16H10BrNO5. The normalized spacial score (nSPS) is 10.8. The average Bonchev–Trinajstić information content (AvgIpc) is 2.85. The number of furan rings is 1. The number of fused-ring (bicyclic) bond motifs is 1. The van der Waals surface area contributed by atoms with E-state index in [2.05, 4.69) is 15.9 Å². The van der Waals surface area contributed by atoms with Crippen LogP contribution < -0.4 is 0 Å². The van der Waals surface area contributed by atoms with Gasteiger partial charge in [-0.2, -0.15) is 0 Å². The number of hydrogen-bond donors (Lipinski definition) is 1. The van der Waals surface area contributed by atoms with E-state index in [1.165, 1.54) is 0 Å². The molecule has 0 aliphatic rings. The van der Waals surface area contributed by atoms with Gasteiger partial charge in [-0.1, -0.05) is 34.1 Å². The molecule has 6 nitrogen and oxygen atoms in total. The Kier molecular flexibility index (Phi) is 3.87. The summed E-state index contributed by atoms with van der Waals surface area (Å²) in [4.78, 5) is 21.6. The van der Waals surface area contributed by atoms with Gasteiger partial charge in [-0.15, -0.1) is 0 Å². The van der Waals surface area contributed by atoms with Crippen molar-refractivity contribution < 1.29 is 19.2 Å². The van der Waals surface area contributed by atoms with Crippen LogP contribution in [0.15, 0.2) is 51.4 Å². The second kappa shape index (κ2) is 5.85. The lowest BCUT2D eigenvalue weighted by Crippen LogP contribution is -1.99. The van der Waals surface area contributed by atoms with Gasteiger partial charge in [0, 0.05) is 9.86 Å². The highest BCUT2D eigenvalue weighted by Crippen LogP contribution is 2.40. The Balaban J connectivity index is 2.29. The largest absolute Gasteiger partial charge is 0.481 e. The highest BCUT2D eigenvalue weighted by atomic mass is 79.9. The third kappa shape index (κ3) is 2.95. The molecule has 0 atom stereocenters. The van der Waals surface area contributed by atoms with E-state index >= 15 is 0 Å². The van der Waals surface area contributed by atoms with E-state index in [4.69, 9.17) is 9.52 Å². The van der Waals surface area contributed by atoms with E-state index in [1.807, 2.05) is 6.07 Å². The molecule has 0 aliphatic carbocycles. The Morgan fingerprint density at radius 1 is 1.26 bits per heavy atom. The molecule has 0 aliphatic heterocycles. The molecule has 3 aromatic rings. The minimum absolute atomic E-state index is 0.160. The highest BCUT2D eigenvalue weighted by Gasteiger charge is 2.25. The van der Waals surface area contributed by atoms with Crippen molar-refractivity contribution in [3.8, 4) is 11.1 Å². The van der Waals surface area contributed by atoms with Crippen molar-refractivity contribution >= 4 is 38.8 Å². The maximum absolute atomic E-state index is 11.3. The summed E-state index contributed by atoms with van der Waals surface area (Å²) in [7, 11) is 0. The van der Waals surface area contributed by atoms with Crippen molar-refractivity contribution in [2.45, 2.75) is 6.42 Å². The summed E-state index contributed by atoms with van der Waals surface area (Å²) in [6, 6.07) is 11.8. The fourth-order valence-electron chi connectivity index (χ4n) is 2.47. The number of hydrogen-bond acceptors (Lipinski definition) is 4. The molecule has 7 heteroatoms. The van der Waals surface area contributed by atoms with Crippen LogP contribution in [0.3, 0.4) is 0 Å². The van der Waals surface area contributed by atoms with Gasteiger partial charge in [-0.3, -0.25) is 14.9 Å². The Morgan fingerprint density at radius 3 is 2.70 bits per heavy atom. The molecule has 3 rings (SSSR count). The molecule has 1 heterocycles. The molecular weight excluding hydrogens is 366 g/mol. The lowest BCUT2D eigenvalue weighted by atomic mass is 10.0. The lowest BCUT2D eigenvalue weighted by Gasteiger charge is -2.01. The maximum atomic E-state index is 11.3. The smallest absolute Gasteiger partial charge is 0.442 e. The van der Waals surface area contributed by atoms with Crippen LogP contribution in [0.5, 0.6) is 0 Å². The number of nitro groups is 1. The average molecular weight is 376 g/mol. The van der Waals surface area contributed by atoms with Crippen molar-refractivity contribution in [1.29, 1.82) is 0 Å². The quantitative estimate of drug-likeness (QED) is 0.538. The Labute approximate surface area is 138 Å². The summed E-state index contributed by atoms with van der Waals surface area (Å²) in [6.07, 6.45) is -0.160. The third-order valence-electron chi connectivity index (χ3n) is 3.37. The fraction of sp³-hybridized carbons (Fsp3) is 0.0625. The van der Waals surface area contributed by atoms with Crippen LogP contribution in [0.4, 0.5) is 5.88 Å². The SMILES string of the molecule is O=C(O)Cc1ccc2oc([N+](=O)[O-])c(-c3cccc(Br)c3)c2c1. The molecule has 1 aromatic heterocycles. The number of nitrogens with zero attached hydrogens (tertiary/aromatic N) is 1. The monoisotopic (exact) mass is 375 g/mol. The minimum Gasteiger partial charge on any atom is -0.481 e. The van der Waals surface area contributed by atoms with Crippen molar-refractivity contribution in [3.63, 3.8) is 0 Å². The number of rotatable bonds is 4. The van der Waals surface area contributed by atoms with E-state index in [-0.39, 0.29) is 12.3 Å². The first-order valence-electron chi connectivity index (χ1n) is 6.63. The van der Waals surface area contributed by atoms with Crippen LogP contribution >= 0.6 is 15.9 Å². The van der Waals surface area contributed by atoms with E-state index in [0.717, 1.165) is 4.47 Å². The summed E-state index contributed by atoms with van der Waals surface area (Å²) >= 11 is 3.34. The molecule has 0 bridgehead atoms. The summed E-state index contributed by atoms with van der Waals surface area (Å²) in [5, 5.41) is 20.8. The number of halogens is 1. The Hall–Kier alpha value is -2.67. The molecule has 1 N–H and O–H groups in total. The van der Waals surface area contributed by atoms with Gasteiger partial charge in [0.25, 0.3) is 0 Å². The van der Waals surface area contributed by atoms with Gasteiger partial charge >= 0.3 is 11.9 Å². The molecule has 0 radical (unpaired) electrons. The molecule has 2 aromatic carbocycles. The third-order valence-corrected chi connectivity index (χ3v) is 3.86. The predicted octanol–water partition coefficient (Wildman–Crippen LogP) is 4.40. The zero-order chi connectivity index (χ0) is 16.6. The van der Waals surface area contributed by atoms with E-state index in [1.54, 1.807) is 36.4 Å². The summed E-state index contributed by atoms with van der Waals surface area (Å²) < 4.78 is 6.13. The fourth-order valence-corrected chi connectivity index (χ4v) is 2.87. The highest BCUT2D eigenvalue weighted by molar-refractivity contribution is 9.10. The minimum atomic E-state index is -0.966. The zero-order valence-corrected chi connectivity index (χ0v) is 13.2. The van der Waals surface area contributed by atoms with E-state index in [0.29, 0.717) is 27.7 Å². The maximum Gasteiger partial charge on any atom is 0.442 e. The van der Waals surface area contributed by atoms with E-state index < -0.39 is 10.9 Å². The number of aliphatic carboxylic acids is 1. The van der Waals surface area contributed by atoms with Crippen molar-refractivity contribution in [3.05, 3.63) is 62.6 Å². The summed E-state index contributed by atoms with van der Waals surface area (Å²) in [5.41, 5.74) is 1.87. The number of benzene rings is 2. The Bertz CT molecular complexity index is 931. The van der Waals surface area contributed by atoms with Crippen LogP contribution in [0.1, 0.15) is 5.56 Å². The van der Waals surface area contributed by atoms with Gasteiger partial charge in [0.05, 0.1) is 6.42 Å². The van der Waals surface area contributed by atoms with Crippen molar-refractivity contribution in [2.75, 3.05) is 0 Å². The van der Waals surface area contributed by atoms with E-state index in [9.17, 15) is 14.9 Å². The van der Waals surface area contributed by atoms with Crippen LogP contribution in [0, 0.1) is 10.1 Å². The van der Waals surface area contributed by atoms with Crippen LogP contribution in [-0.4, -0.2) is 16.0 Å². The van der Waals surface area contributed by atoms with Crippen LogP contribution in [0.25, 0.3) is 22.1 Å². The first-order valence-corrected chi connectivity index (χ1v) is 7.42. The van der Waals surface area contributed by atoms with Crippen molar-refractivity contribution in [1.82, 2.24) is 0 Å². The molecule has 0 unspecified atom stereocenters. The van der Waals surface area contributed by atoms with Gasteiger partial charge in [0.2, 0.25) is 0 Å². The zero-order valence-electron chi connectivity index (χ0n) is 11.7.